The minimum atomic E-state index is -1.02. The zero-order chi connectivity index (χ0) is 19.5. The second-order valence-corrected chi connectivity index (χ2v) is 7.16. The van der Waals surface area contributed by atoms with Crippen molar-refractivity contribution in [3.8, 4) is 5.75 Å². The summed E-state index contributed by atoms with van der Waals surface area (Å²) >= 11 is 0. The van der Waals surface area contributed by atoms with Crippen LogP contribution in [0.25, 0.3) is 0 Å². The Morgan fingerprint density at radius 2 is 2.04 bits per heavy atom. The number of fused-ring (bicyclic) bond motifs is 1. The van der Waals surface area contributed by atoms with Gasteiger partial charge in [0.15, 0.2) is 6.04 Å². The Bertz CT molecular complexity index is 875. The molecule has 1 N–H and O–H groups in total. The zero-order valence-electron chi connectivity index (χ0n) is 15.5. The van der Waals surface area contributed by atoms with E-state index in [4.69, 9.17) is 9.47 Å². The molecule has 2 aliphatic rings. The number of nitrogens with zero attached hydrogens (tertiary/aromatic N) is 1. The van der Waals surface area contributed by atoms with E-state index in [1.807, 2.05) is 18.2 Å². The molecule has 4 rings (SSSR count). The predicted molar refractivity (Wildman–Crippen MR) is 102 cm³/mol. The second-order valence-electron chi connectivity index (χ2n) is 7.16. The maximum atomic E-state index is 13.1. The number of aliphatic carboxylic acids is 1. The van der Waals surface area contributed by atoms with Crippen molar-refractivity contribution in [1.82, 2.24) is 4.90 Å². The number of carbonyl (C=O) groups is 2. The molecule has 2 heterocycles. The minimum absolute atomic E-state index is 0.0920. The van der Waals surface area contributed by atoms with Gasteiger partial charge in [0.05, 0.1) is 6.10 Å². The van der Waals surface area contributed by atoms with Crippen molar-refractivity contribution in [2.24, 2.45) is 0 Å². The number of carbonyl (C=O) groups excluding carboxylic acids is 1. The number of carboxylic acids is 1. The number of hydrogen-bond acceptors (Lipinski definition) is 4. The van der Waals surface area contributed by atoms with E-state index < -0.39 is 12.0 Å². The van der Waals surface area contributed by atoms with Gasteiger partial charge in [-0.25, -0.2) is 4.79 Å². The van der Waals surface area contributed by atoms with Gasteiger partial charge in [-0.05, 0) is 48.6 Å². The molecule has 0 saturated carbocycles. The normalized spacial score (nSPS) is 21.2. The SMILES string of the molecule is O=C(O)C1c2ccccc2CCN1C(=O)c1cccc(OCC2CCCO2)c1. The summed E-state index contributed by atoms with van der Waals surface area (Å²) in [5, 5.41) is 9.78. The van der Waals surface area contributed by atoms with E-state index >= 15 is 0 Å². The Labute approximate surface area is 163 Å². The molecule has 2 atom stereocenters. The number of ether oxygens (including phenoxy) is 2. The molecule has 1 amide bonds. The van der Waals surface area contributed by atoms with Crippen LogP contribution in [-0.2, 0) is 16.0 Å². The summed E-state index contributed by atoms with van der Waals surface area (Å²) in [5.74, 6) is -0.735. The molecular formula is C22H23NO5. The molecule has 146 valence electrons. The van der Waals surface area contributed by atoms with Crippen molar-refractivity contribution in [3.63, 3.8) is 0 Å². The lowest BCUT2D eigenvalue weighted by Gasteiger charge is -2.34. The third-order valence-electron chi connectivity index (χ3n) is 5.32. The molecule has 28 heavy (non-hydrogen) atoms. The first-order valence-electron chi connectivity index (χ1n) is 9.59. The van der Waals surface area contributed by atoms with E-state index in [9.17, 15) is 14.7 Å². The van der Waals surface area contributed by atoms with Crippen molar-refractivity contribution in [1.29, 1.82) is 0 Å². The Hall–Kier alpha value is -2.86. The van der Waals surface area contributed by atoms with Crippen LogP contribution in [0.1, 0.15) is 40.4 Å². The average Bonchev–Trinajstić information content (AvgIpc) is 3.24. The highest BCUT2D eigenvalue weighted by atomic mass is 16.5. The fourth-order valence-electron chi connectivity index (χ4n) is 3.90. The maximum Gasteiger partial charge on any atom is 0.331 e. The van der Waals surface area contributed by atoms with Gasteiger partial charge < -0.3 is 19.5 Å². The molecule has 2 unspecified atom stereocenters. The van der Waals surface area contributed by atoms with Crippen molar-refractivity contribution in [3.05, 3.63) is 65.2 Å². The third-order valence-corrected chi connectivity index (χ3v) is 5.32. The zero-order valence-corrected chi connectivity index (χ0v) is 15.5. The summed E-state index contributed by atoms with van der Waals surface area (Å²) in [5.41, 5.74) is 2.09. The first kappa shape index (κ1) is 18.5. The third kappa shape index (κ3) is 3.73. The predicted octanol–water partition coefficient (Wildman–Crippen LogP) is 3.07. The highest BCUT2D eigenvalue weighted by Crippen LogP contribution is 2.31. The number of carboxylic acid groups (broad SMARTS) is 1. The van der Waals surface area contributed by atoms with E-state index in [0.717, 1.165) is 25.0 Å². The largest absolute Gasteiger partial charge is 0.491 e. The second kappa shape index (κ2) is 8.02. The Morgan fingerprint density at radius 3 is 2.82 bits per heavy atom. The fourth-order valence-corrected chi connectivity index (χ4v) is 3.90. The van der Waals surface area contributed by atoms with Crippen LogP contribution in [0.2, 0.25) is 0 Å². The first-order chi connectivity index (χ1) is 13.6. The quantitative estimate of drug-likeness (QED) is 0.861. The molecule has 0 bridgehead atoms. The van der Waals surface area contributed by atoms with Gasteiger partial charge >= 0.3 is 5.97 Å². The molecule has 2 aromatic carbocycles. The van der Waals surface area contributed by atoms with E-state index in [2.05, 4.69) is 0 Å². The molecule has 2 aromatic rings. The Morgan fingerprint density at radius 1 is 1.18 bits per heavy atom. The molecule has 6 heteroatoms. The van der Waals surface area contributed by atoms with Crippen LogP contribution >= 0.6 is 0 Å². The lowest BCUT2D eigenvalue weighted by Crippen LogP contribution is -2.43. The number of amides is 1. The lowest BCUT2D eigenvalue weighted by molar-refractivity contribution is -0.143. The topological polar surface area (TPSA) is 76.1 Å². The maximum absolute atomic E-state index is 13.1. The molecule has 2 aliphatic heterocycles. The Balaban J connectivity index is 1.53. The Kier molecular flexibility index (Phi) is 5.30. The lowest BCUT2D eigenvalue weighted by atomic mass is 9.92. The highest BCUT2D eigenvalue weighted by Gasteiger charge is 2.36. The number of benzene rings is 2. The molecule has 6 nitrogen and oxygen atoms in total. The molecule has 0 radical (unpaired) electrons. The van der Waals surface area contributed by atoms with Gasteiger partial charge in [0, 0.05) is 18.7 Å². The van der Waals surface area contributed by atoms with Crippen LogP contribution in [0.3, 0.4) is 0 Å². The van der Waals surface area contributed by atoms with Crippen molar-refractivity contribution in [2.45, 2.75) is 31.4 Å². The van der Waals surface area contributed by atoms with Gasteiger partial charge in [-0.2, -0.15) is 0 Å². The van der Waals surface area contributed by atoms with Gasteiger partial charge in [0.25, 0.3) is 5.91 Å². The van der Waals surface area contributed by atoms with E-state index in [1.54, 1.807) is 30.3 Å². The fraction of sp³-hybridized carbons (Fsp3) is 0.364. The molecule has 1 fully saturated rings. The highest BCUT2D eigenvalue weighted by molar-refractivity contribution is 5.97. The van der Waals surface area contributed by atoms with Gasteiger partial charge in [-0.15, -0.1) is 0 Å². The van der Waals surface area contributed by atoms with Crippen LogP contribution in [-0.4, -0.2) is 47.7 Å². The van der Waals surface area contributed by atoms with Gasteiger partial charge in [-0.3, -0.25) is 4.79 Å². The molecule has 1 saturated heterocycles. The van der Waals surface area contributed by atoms with Crippen molar-refractivity contribution >= 4 is 11.9 Å². The summed E-state index contributed by atoms with van der Waals surface area (Å²) in [6.45, 7) is 1.58. The smallest absolute Gasteiger partial charge is 0.331 e. The number of hydrogen-bond donors (Lipinski definition) is 1. The summed E-state index contributed by atoms with van der Waals surface area (Å²) < 4.78 is 11.3. The van der Waals surface area contributed by atoms with E-state index in [1.165, 1.54) is 4.90 Å². The molecule has 0 aliphatic carbocycles. The van der Waals surface area contributed by atoms with Crippen LogP contribution < -0.4 is 4.74 Å². The van der Waals surface area contributed by atoms with Crippen LogP contribution in [0.15, 0.2) is 48.5 Å². The summed E-state index contributed by atoms with van der Waals surface area (Å²) in [4.78, 5) is 26.5. The van der Waals surface area contributed by atoms with Gasteiger partial charge in [0.2, 0.25) is 0 Å². The summed E-state index contributed by atoms with van der Waals surface area (Å²) in [6.07, 6.45) is 2.75. The summed E-state index contributed by atoms with van der Waals surface area (Å²) in [7, 11) is 0. The molecule has 0 aromatic heterocycles. The summed E-state index contributed by atoms with van der Waals surface area (Å²) in [6, 6.07) is 13.4. The molecule has 0 spiro atoms. The van der Waals surface area contributed by atoms with E-state index in [-0.39, 0.29) is 12.0 Å². The van der Waals surface area contributed by atoms with Crippen LogP contribution in [0.4, 0.5) is 0 Å². The average molecular weight is 381 g/mol. The first-order valence-corrected chi connectivity index (χ1v) is 9.59. The van der Waals surface area contributed by atoms with Crippen LogP contribution in [0.5, 0.6) is 5.75 Å². The van der Waals surface area contributed by atoms with Crippen LogP contribution in [0, 0.1) is 0 Å². The molecular weight excluding hydrogens is 358 g/mol. The standard InChI is InChI=1S/C22H23NO5/c24-21(16-6-3-7-17(13-16)28-14-18-8-4-12-27-18)23-11-10-15-5-1-2-9-19(15)20(23)22(25)26/h1-3,5-7,9,13,18,20H,4,8,10-12,14H2,(H,25,26). The minimum Gasteiger partial charge on any atom is -0.491 e. The van der Waals surface area contributed by atoms with Gasteiger partial charge in [-0.1, -0.05) is 30.3 Å². The van der Waals surface area contributed by atoms with Gasteiger partial charge in [0.1, 0.15) is 12.4 Å². The number of rotatable bonds is 5. The van der Waals surface area contributed by atoms with Crippen molar-refractivity contribution in [2.75, 3.05) is 19.8 Å². The monoisotopic (exact) mass is 381 g/mol. The van der Waals surface area contributed by atoms with Crippen molar-refractivity contribution < 1.29 is 24.2 Å². The van der Waals surface area contributed by atoms with E-state index in [0.29, 0.717) is 36.4 Å².